The Labute approximate surface area is 228 Å². The Morgan fingerprint density at radius 2 is 1.59 bits per heavy atom. The minimum absolute atomic E-state index is 0.0538. The zero-order valence-electron chi connectivity index (χ0n) is 22.1. The number of rotatable bonds is 7. The second-order valence-electron chi connectivity index (χ2n) is 10.00. The van der Waals surface area contributed by atoms with E-state index in [0.717, 1.165) is 33.4 Å². The summed E-state index contributed by atoms with van der Waals surface area (Å²) < 4.78 is 5.76. The Hall–Kier alpha value is -4.46. The molecule has 1 saturated heterocycles. The summed E-state index contributed by atoms with van der Waals surface area (Å²) in [6.45, 7) is 4.51. The van der Waals surface area contributed by atoms with E-state index >= 15 is 0 Å². The SMILES string of the molecule is C/C(=N/NC(=O)[C@@H]1CCCN1C(=O)OCC1c2ccccc2-c2ccccc21)C(=O)NCc1ccc(C)cc1. The van der Waals surface area contributed by atoms with Gasteiger partial charge in [0.25, 0.3) is 11.8 Å². The van der Waals surface area contributed by atoms with Gasteiger partial charge in [-0.25, -0.2) is 10.2 Å². The van der Waals surface area contributed by atoms with Crippen LogP contribution in [0.5, 0.6) is 0 Å². The molecule has 0 spiro atoms. The van der Waals surface area contributed by atoms with Crippen LogP contribution in [-0.4, -0.2) is 47.7 Å². The van der Waals surface area contributed by atoms with Crippen molar-refractivity contribution in [1.82, 2.24) is 15.6 Å². The predicted octanol–water partition coefficient (Wildman–Crippen LogP) is 4.52. The Morgan fingerprint density at radius 3 is 2.26 bits per heavy atom. The van der Waals surface area contributed by atoms with Crippen LogP contribution in [0.1, 0.15) is 47.9 Å². The standard InChI is InChI=1S/C31H32N4O4/c1-20-13-15-22(16-14-20)18-32-29(36)21(2)33-34-30(37)28-12-7-17-35(28)31(38)39-19-27-25-10-5-3-8-23(25)24-9-4-6-11-26(24)27/h3-6,8-11,13-16,27-28H,7,12,17-19H2,1-2H3,(H,32,36)(H,34,37)/b33-21-/t28-/m0/s1. The van der Waals surface area contributed by atoms with Crippen molar-refractivity contribution >= 4 is 23.6 Å². The first-order valence-electron chi connectivity index (χ1n) is 13.2. The highest BCUT2D eigenvalue weighted by molar-refractivity contribution is 6.37. The summed E-state index contributed by atoms with van der Waals surface area (Å²) in [6, 6.07) is 23.5. The maximum Gasteiger partial charge on any atom is 0.410 e. The molecule has 2 aliphatic rings. The summed E-state index contributed by atoms with van der Waals surface area (Å²) in [6.07, 6.45) is 0.665. The Balaban J connectivity index is 1.16. The number of hydrazone groups is 1. The lowest BCUT2D eigenvalue weighted by Crippen LogP contribution is -2.45. The molecule has 2 N–H and O–H groups in total. The molecule has 8 nitrogen and oxygen atoms in total. The quantitative estimate of drug-likeness (QED) is 0.351. The molecule has 5 rings (SSSR count). The van der Waals surface area contributed by atoms with Crippen LogP contribution in [0.15, 0.2) is 77.9 Å². The van der Waals surface area contributed by atoms with E-state index in [2.05, 4.69) is 40.1 Å². The van der Waals surface area contributed by atoms with Crippen LogP contribution in [0.3, 0.4) is 0 Å². The molecule has 0 radical (unpaired) electrons. The van der Waals surface area contributed by atoms with Gasteiger partial charge in [0.05, 0.1) is 0 Å². The topological polar surface area (TPSA) is 100 Å². The van der Waals surface area contributed by atoms with Gasteiger partial charge >= 0.3 is 6.09 Å². The molecule has 39 heavy (non-hydrogen) atoms. The average molecular weight is 525 g/mol. The molecular weight excluding hydrogens is 492 g/mol. The molecule has 200 valence electrons. The fourth-order valence-electron chi connectivity index (χ4n) is 5.22. The first kappa shape index (κ1) is 26.2. The number of amides is 3. The van der Waals surface area contributed by atoms with Crippen molar-refractivity contribution in [2.45, 2.75) is 45.2 Å². The third-order valence-corrected chi connectivity index (χ3v) is 7.36. The van der Waals surface area contributed by atoms with Crippen LogP contribution in [0, 0.1) is 6.92 Å². The molecule has 0 bridgehead atoms. The molecule has 3 aromatic rings. The molecule has 1 fully saturated rings. The molecule has 0 saturated carbocycles. The van der Waals surface area contributed by atoms with Crippen LogP contribution < -0.4 is 10.7 Å². The van der Waals surface area contributed by atoms with Gasteiger partial charge in [0.2, 0.25) is 0 Å². The Bertz CT molecular complexity index is 1370. The highest BCUT2D eigenvalue weighted by Crippen LogP contribution is 2.44. The molecule has 0 unspecified atom stereocenters. The van der Waals surface area contributed by atoms with Gasteiger partial charge in [0.1, 0.15) is 18.4 Å². The average Bonchev–Trinajstić information content (AvgIpc) is 3.58. The summed E-state index contributed by atoms with van der Waals surface area (Å²) in [5.41, 5.74) is 9.27. The minimum atomic E-state index is -0.701. The van der Waals surface area contributed by atoms with Crippen molar-refractivity contribution in [1.29, 1.82) is 0 Å². The van der Waals surface area contributed by atoms with E-state index in [1.807, 2.05) is 55.5 Å². The van der Waals surface area contributed by atoms with Gasteiger partial charge < -0.3 is 10.1 Å². The number of nitrogens with zero attached hydrogens (tertiary/aromatic N) is 2. The van der Waals surface area contributed by atoms with E-state index in [1.54, 1.807) is 0 Å². The number of fused-ring (bicyclic) bond motifs is 3. The lowest BCUT2D eigenvalue weighted by Gasteiger charge is -2.24. The number of hydrogen-bond donors (Lipinski definition) is 2. The van der Waals surface area contributed by atoms with E-state index in [1.165, 1.54) is 11.8 Å². The smallest absolute Gasteiger partial charge is 0.410 e. The molecular formula is C31H32N4O4. The predicted molar refractivity (Wildman–Crippen MR) is 149 cm³/mol. The molecule has 1 heterocycles. The summed E-state index contributed by atoms with van der Waals surface area (Å²) in [4.78, 5) is 39.8. The van der Waals surface area contributed by atoms with Crippen LogP contribution in [0.4, 0.5) is 4.79 Å². The minimum Gasteiger partial charge on any atom is -0.448 e. The largest absolute Gasteiger partial charge is 0.448 e. The first-order chi connectivity index (χ1) is 18.9. The number of carbonyl (C=O) groups is 3. The molecule has 1 atom stereocenters. The van der Waals surface area contributed by atoms with Crippen molar-refractivity contribution in [2.75, 3.05) is 13.2 Å². The number of aryl methyl sites for hydroxylation is 1. The number of carbonyl (C=O) groups excluding carboxylic acids is 3. The number of ether oxygens (including phenoxy) is 1. The first-order valence-corrected chi connectivity index (χ1v) is 13.2. The van der Waals surface area contributed by atoms with E-state index in [-0.39, 0.29) is 24.1 Å². The zero-order valence-corrected chi connectivity index (χ0v) is 22.1. The normalized spacial score (nSPS) is 16.4. The summed E-state index contributed by atoms with van der Waals surface area (Å²) in [5, 5.41) is 6.76. The van der Waals surface area contributed by atoms with Gasteiger partial charge in [-0.05, 0) is 54.5 Å². The van der Waals surface area contributed by atoms with Crippen LogP contribution in [0.2, 0.25) is 0 Å². The summed E-state index contributed by atoms with van der Waals surface area (Å²) in [5.74, 6) is -0.871. The van der Waals surface area contributed by atoms with Gasteiger partial charge in [-0.2, -0.15) is 5.10 Å². The van der Waals surface area contributed by atoms with Gasteiger partial charge in [-0.15, -0.1) is 0 Å². The molecule has 1 aliphatic heterocycles. The van der Waals surface area contributed by atoms with Gasteiger partial charge in [-0.1, -0.05) is 78.4 Å². The monoisotopic (exact) mass is 524 g/mol. The summed E-state index contributed by atoms with van der Waals surface area (Å²) in [7, 11) is 0. The number of nitrogens with one attached hydrogen (secondary N) is 2. The van der Waals surface area contributed by atoms with Crippen molar-refractivity contribution in [3.8, 4) is 11.1 Å². The maximum absolute atomic E-state index is 13.1. The third kappa shape index (κ3) is 5.70. The van der Waals surface area contributed by atoms with Crippen LogP contribution >= 0.6 is 0 Å². The van der Waals surface area contributed by atoms with E-state index < -0.39 is 18.0 Å². The Morgan fingerprint density at radius 1 is 0.949 bits per heavy atom. The highest BCUT2D eigenvalue weighted by Gasteiger charge is 2.36. The molecule has 0 aromatic heterocycles. The lowest BCUT2D eigenvalue weighted by atomic mass is 9.98. The zero-order chi connectivity index (χ0) is 27.4. The number of likely N-dealkylation sites (tertiary alicyclic amines) is 1. The maximum atomic E-state index is 13.1. The van der Waals surface area contributed by atoms with Gasteiger partial charge in [0, 0.05) is 19.0 Å². The van der Waals surface area contributed by atoms with Crippen molar-refractivity contribution < 1.29 is 19.1 Å². The third-order valence-electron chi connectivity index (χ3n) is 7.36. The number of hydrogen-bond acceptors (Lipinski definition) is 5. The fraction of sp³-hybridized carbons (Fsp3) is 0.290. The Kier molecular flexibility index (Phi) is 7.72. The fourth-order valence-corrected chi connectivity index (χ4v) is 5.22. The molecule has 1 aliphatic carbocycles. The molecule has 3 amide bonds. The van der Waals surface area contributed by atoms with E-state index in [0.29, 0.717) is 25.9 Å². The second-order valence-corrected chi connectivity index (χ2v) is 10.00. The van der Waals surface area contributed by atoms with Crippen LogP contribution in [0.25, 0.3) is 11.1 Å². The van der Waals surface area contributed by atoms with E-state index in [9.17, 15) is 14.4 Å². The lowest BCUT2D eigenvalue weighted by molar-refractivity contribution is -0.125. The molecule has 8 heteroatoms. The van der Waals surface area contributed by atoms with Crippen molar-refractivity contribution in [2.24, 2.45) is 5.10 Å². The summed E-state index contributed by atoms with van der Waals surface area (Å²) >= 11 is 0. The second kappa shape index (κ2) is 11.5. The van der Waals surface area contributed by atoms with Crippen molar-refractivity contribution in [3.05, 3.63) is 95.1 Å². The van der Waals surface area contributed by atoms with Gasteiger partial charge in [0.15, 0.2) is 0 Å². The number of benzene rings is 3. The van der Waals surface area contributed by atoms with Gasteiger partial charge in [-0.3, -0.25) is 14.5 Å². The van der Waals surface area contributed by atoms with Crippen LogP contribution in [-0.2, 0) is 20.9 Å². The van der Waals surface area contributed by atoms with Crippen molar-refractivity contribution in [3.63, 3.8) is 0 Å². The van der Waals surface area contributed by atoms with E-state index in [4.69, 9.17) is 4.74 Å². The molecule has 3 aromatic carbocycles. The highest BCUT2D eigenvalue weighted by atomic mass is 16.6.